The Hall–Kier alpha value is -2.11. The third-order valence-electron chi connectivity index (χ3n) is 1.99. The first-order valence-electron chi connectivity index (χ1n) is 5.29. The Morgan fingerprint density at radius 1 is 1.18 bits per heavy atom. The topological polar surface area (TPSA) is 44.0 Å². The molecule has 0 spiro atoms. The van der Waals surface area contributed by atoms with E-state index >= 15 is 0 Å². The monoisotopic (exact) mass is 223 g/mol. The van der Waals surface area contributed by atoms with Gasteiger partial charge in [-0.1, -0.05) is 42.5 Å². The van der Waals surface area contributed by atoms with Crippen LogP contribution in [0.5, 0.6) is 0 Å². The Labute approximate surface area is 102 Å². The highest BCUT2D eigenvalue weighted by Gasteiger charge is 1.93. The molecule has 0 aliphatic rings. The number of hydrogen-bond acceptors (Lipinski definition) is 2. The van der Waals surface area contributed by atoms with Gasteiger partial charge in [0.25, 0.3) is 0 Å². The molecule has 0 unspecified atom stereocenters. The summed E-state index contributed by atoms with van der Waals surface area (Å²) in [4.78, 5) is 0. The normalized spacial score (nSPS) is 8.71. The lowest BCUT2D eigenvalue weighted by Crippen LogP contribution is -1.90. The van der Waals surface area contributed by atoms with Crippen molar-refractivity contribution in [1.29, 1.82) is 5.26 Å². The fraction of sp³-hybridized carbons (Fsp3) is 0.133. The lowest BCUT2D eigenvalue weighted by Gasteiger charge is -1.95. The minimum Gasteiger partial charge on any atom is -0.396 e. The van der Waals surface area contributed by atoms with Gasteiger partial charge < -0.3 is 5.11 Å². The van der Waals surface area contributed by atoms with E-state index in [9.17, 15) is 0 Å². The molecule has 2 aromatic carbocycles. The maximum absolute atomic E-state index is 8.59. The molecule has 0 heterocycles. The summed E-state index contributed by atoms with van der Waals surface area (Å²) < 4.78 is 0. The van der Waals surface area contributed by atoms with Crippen LogP contribution in [0.3, 0.4) is 0 Å². The molecule has 2 nitrogen and oxygen atoms in total. The zero-order valence-corrected chi connectivity index (χ0v) is 9.43. The molecule has 0 aliphatic heterocycles. The Kier molecular flexibility index (Phi) is 6.17. The first-order valence-corrected chi connectivity index (χ1v) is 5.29. The summed E-state index contributed by atoms with van der Waals surface area (Å²) in [6, 6.07) is 22.5. The molecule has 0 saturated carbocycles. The second kappa shape index (κ2) is 8.09. The molecular weight excluding hydrogens is 210 g/mol. The SMILES string of the molecule is N#Cc1[c]ccc(CCO)c1.[c]1ccccc1. The highest BCUT2D eigenvalue weighted by molar-refractivity contribution is 5.31. The molecule has 2 rings (SSSR count). The van der Waals surface area contributed by atoms with Crippen LogP contribution >= 0.6 is 0 Å². The molecule has 0 atom stereocenters. The van der Waals surface area contributed by atoms with Gasteiger partial charge in [-0.05, 0) is 24.1 Å². The second-order valence-corrected chi connectivity index (χ2v) is 3.27. The number of rotatable bonds is 2. The molecule has 2 heteroatoms. The minimum atomic E-state index is 0.120. The predicted molar refractivity (Wildman–Crippen MR) is 66.1 cm³/mol. The molecule has 84 valence electrons. The Morgan fingerprint density at radius 2 is 1.94 bits per heavy atom. The summed E-state index contributed by atoms with van der Waals surface area (Å²) in [7, 11) is 0. The van der Waals surface area contributed by atoms with Gasteiger partial charge in [-0.25, -0.2) is 0 Å². The van der Waals surface area contributed by atoms with E-state index in [1.807, 2.05) is 42.5 Å². The van der Waals surface area contributed by atoms with Gasteiger partial charge in [-0.15, -0.1) is 0 Å². The van der Waals surface area contributed by atoms with Gasteiger partial charge in [0.05, 0.1) is 11.6 Å². The van der Waals surface area contributed by atoms with Gasteiger partial charge in [0.1, 0.15) is 0 Å². The molecule has 0 aliphatic carbocycles. The van der Waals surface area contributed by atoms with Crippen molar-refractivity contribution in [2.24, 2.45) is 0 Å². The number of hydrogen-bond donors (Lipinski definition) is 1. The Balaban J connectivity index is 0.000000202. The van der Waals surface area contributed by atoms with Crippen molar-refractivity contribution in [3.8, 4) is 6.07 Å². The van der Waals surface area contributed by atoms with Gasteiger partial charge in [0, 0.05) is 12.7 Å². The predicted octanol–water partition coefficient (Wildman–Crippen LogP) is 2.38. The third kappa shape index (κ3) is 5.50. The fourth-order valence-electron chi connectivity index (χ4n) is 1.20. The number of nitriles is 1. The van der Waals surface area contributed by atoms with E-state index < -0.39 is 0 Å². The van der Waals surface area contributed by atoms with Crippen LogP contribution in [0, 0.1) is 23.5 Å². The van der Waals surface area contributed by atoms with Gasteiger partial charge in [0.2, 0.25) is 0 Å². The number of nitrogens with zero attached hydrogens (tertiary/aromatic N) is 1. The van der Waals surface area contributed by atoms with Crippen LogP contribution in [0.1, 0.15) is 11.1 Å². The van der Waals surface area contributed by atoms with Crippen molar-refractivity contribution in [1.82, 2.24) is 0 Å². The Bertz CT molecular complexity index is 433. The number of aliphatic hydroxyl groups is 1. The maximum Gasteiger partial charge on any atom is 0.0998 e. The van der Waals surface area contributed by atoms with Crippen LogP contribution in [-0.4, -0.2) is 11.7 Å². The van der Waals surface area contributed by atoms with E-state index in [0.717, 1.165) is 5.56 Å². The van der Waals surface area contributed by atoms with Gasteiger partial charge in [0.15, 0.2) is 0 Å². The van der Waals surface area contributed by atoms with E-state index in [1.54, 1.807) is 12.1 Å². The second-order valence-electron chi connectivity index (χ2n) is 3.27. The van der Waals surface area contributed by atoms with Crippen molar-refractivity contribution in [2.75, 3.05) is 6.61 Å². The summed E-state index contributed by atoms with van der Waals surface area (Å²) in [5.74, 6) is 0. The summed E-state index contributed by atoms with van der Waals surface area (Å²) in [6.07, 6.45) is 0.601. The van der Waals surface area contributed by atoms with Crippen LogP contribution in [0.2, 0.25) is 0 Å². The number of benzene rings is 2. The first kappa shape index (κ1) is 13.0. The van der Waals surface area contributed by atoms with Crippen LogP contribution in [0.4, 0.5) is 0 Å². The maximum atomic E-state index is 8.59. The molecule has 17 heavy (non-hydrogen) atoms. The molecule has 0 amide bonds. The van der Waals surface area contributed by atoms with Crippen molar-refractivity contribution < 1.29 is 5.11 Å². The van der Waals surface area contributed by atoms with E-state index in [0.29, 0.717) is 12.0 Å². The average Bonchev–Trinajstić information content (AvgIpc) is 2.42. The smallest absolute Gasteiger partial charge is 0.0998 e. The van der Waals surface area contributed by atoms with Crippen molar-refractivity contribution in [3.63, 3.8) is 0 Å². The molecule has 0 aromatic heterocycles. The van der Waals surface area contributed by atoms with Crippen LogP contribution in [0.15, 0.2) is 48.5 Å². The molecule has 1 N–H and O–H groups in total. The van der Waals surface area contributed by atoms with Crippen molar-refractivity contribution in [2.45, 2.75) is 6.42 Å². The fourth-order valence-corrected chi connectivity index (χ4v) is 1.20. The van der Waals surface area contributed by atoms with Crippen molar-refractivity contribution in [3.05, 3.63) is 71.8 Å². The highest BCUT2D eigenvalue weighted by Crippen LogP contribution is 2.03. The van der Waals surface area contributed by atoms with Gasteiger partial charge in [-0.3, -0.25) is 0 Å². The van der Waals surface area contributed by atoms with Gasteiger partial charge in [-0.2, -0.15) is 5.26 Å². The lowest BCUT2D eigenvalue weighted by atomic mass is 10.1. The zero-order chi connectivity index (χ0) is 12.3. The summed E-state index contributed by atoms with van der Waals surface area (Å²) in [6.45, 7) is 0.120. The minimum absolute atomic E-state index is 0.120. The zero-order valence-electron chi connectivity index (χ0n) is 9.43. The van der Waals surface area contributed by atoms with E-state index in [-0.39, 0.29) is 6.61 Å². The summed E-state index contributed by atoms with van der Waals surface area (Å²) >= 11 is 0. The highest BCUT2D eigenvalue weighted by atomic mass is 16.2. The average molecular weight is 223 g/mol. The quantitative estimate of drug-likeness (QED) is 0.849. The van der Waals surface area contributed by atoms with Crippen LogP contribution < -0.4 is 0 Å². The molecule has 2 aromatic rings. The van der Waals surface area contributed by atoms with Crippen LogP contribution in [-0.2, 0) is 6.42 Å². The summed E-state index contributed by atoms with van der Waals surface area (Å²) in [5.41, 5.74) is 1.50. The standard InChI is InChI=1S/C9H8NO.C6H5/c10-7-9-3-1-2-8(6-9)4-5-11;1-2-4-6-5-3-1/h1-2,6,11H,4-5H2;1-5H. The third-order valence-corrected chi connectivity index (χ3v) is 1.99. The Morgan fingerprint density at radius 3 is 2.41 bits per heavy atom. The largest absolute Gasteiger partial charge is 0.396 e. The van der Waals surface area contributed by atoms with Gasteiger partial charge >= 0.3 is 0 Å². The van der Waals surface area contributed by atoms with E-state index in [1.165, 1.54) is 0 Å². The molecule has 0 saturated heterocycles. The molecule has 2 radical (unpaired) electrons. The lowest BCUT2D eigenvalue weighted by molar-refractivity contribution is 0.299. The molecule has 0 fully saturated rings. The van der Waals surface area contributed by atoms with E-state index in [4.69, 9.17) is 10.4 Å². The molecular formula is C15H13NO. The number of aliphatic hydroxyl groups excluding tert-OH is 1. The first-order chi connectivity index (χ1) is 8.36. The van der Waals surface area contributed by atoms with Crippen molar-refractivity contribution >= 4 is 0 Å². The molecule has 0 bridgehead atoms. The van der Waals surface area contributed by atoms with E-state index in [2.05, 4.69) is 12.1 Å². The summed E-state index contributed by atoms with van der Waals surface area (Å²) in [5, 5.41) is 17.1. The van der Waals surface area contributed by atoms with Crippen LogP contribution in [0.25, 0.3) is 0 Å².